The van der Waals surface area contributed by atoms with Crippen molar-refractivity contribution in [3.05, 3.63) is 53.1 Å². The molecule has 2 aromatic rings. The van der Waals surface area contributed by atoms with Gasteiger partial charge < -0.3 is 5.32 Å². The zero-order valence-electron chi connectivity index (χ0n) is 9.37. The Balaban J connectivity index is 2.39. The van der Waals surface area contributed by atoms with Crippen LogP contribution in [0.25, 0.3) is 11.1 Å². The molecule has 2 nitrogen and oxygen atoms in total. The van der Waals surface area contributed by atoms with Crippen molar-refractivity contribution < 1.29 is 4.39 Å². The fourth-order valence-electron chi connectivity index (χ4n) is 1.67. The van der Waals surface area contributed by atoms with Gasteiger partial charge in [0, 0.05) is 28.9 Å². The minimum atomic E-state index is -0.363. The summed E-state index contributed by atoms with van der Waals surface area (Å²) in [4.78, 5) is 3.81. The molecule has 1 aromatic heterocycles. The van der Waals surface area contributed by atoms with Gasteiger partial charge in [-0.1, -0.05) is 23.7 Å². The van der Waals surface area contributed by atoms with Crippen molar-refractivity contribution in [1.29, 1.82) is 0 Å². The van der Waals surface area contributed by atoms with E-state index in [4.69, 9.17) is 11.6 Å². The third kappa shape index (κ3) is 2.81. The summed E-state index contributed by atoms with van der Waals surface area (Å²) in [5, 5.41) is 3.65. The first-order valence-corrected chi connectivity index (χ1v) is 5.62. The minimum absolute atomic E-state index is 0.363. The molecular formula is C13H12ClFN2. The number of nitrogens with zero attached hydrogens (tertiary/aromatic N) is 1. The average molecular weight is 251 g/mol. The molecule has 0 saturated heterocycles. The fraction of sp³-hybridized carbons (Fsp3) is 0.154. The van der Waals surface area contributed by atoms with Crippen molar-refractivity contribution in [2.45, 2.75) is 6.54 Å². The van der Waals surface area contributed by atoms with E-state index in [2.05, 4.69) is 10.3 Å². The van der Waals surface area contributed by atoms with Gasteiger partial charge in [0.05, 0.1) is 6.20 Å². The summed E-state index contributed by atoms with van der Waals surface area (Å²) in [6, 6.07) is 7.14. The Morgan fingerprint density at radius 1 is 1.29 bits per heavy atom. The highest BCUT2D eigenvalue weighted by molar-refractivity contribution is 6.33. The van der Waals surface area contributed by atoms with E-state index >= 15 is 0 Å². The Bertz CT molecular complexity index is 529. The van der Waals surface area contributed by atoms with E-state index in [0.717, 1.165) is 17.7 Å². The standard InChI is InChI=1S/C13H12ClFN2/c1-16-6-9-2-3-12(13(14)4-9)10-5-11(15)8-17-7-10/h2-5,7-8,16H,6H2,1H3. The topological polar surface area (TPSA) is 24.9 Å². The van der Waals surface area contributed by atoms with Crippen molar-refractivity contribution in [3.8, 4) is 11.1 Å². The molecule has 1 N–H and O–H groups in total. The predicted molar refractivity (Wildman–Crippen MR) is 67.4 cm³/mol. The van der Waals surface area contributed by atoms with Crippen LogP contribution in [-0.2, 0) is 6.54 Å². The van der Waals surface area contributed by atoms with Gasteiger partial charge in [0.25, 0.3) is 0 Å². The molecule has 0 amide bonds. The summed E-state index contributed by atoms with van der Waals surface area (Å²) in [5.41, 5.74) is 2.56. The first-order valence-electron chi connectivity index (χ1n) is 5.24. The molecule has 0 aliphatic heterocycles. The van der Waals surface area contributed by atoms with Crippen molar-refractivity contribution in [2.24, 2.45) is 0 Å². The molecule has 17 heavy (non-hydrogen) atoms. The average Bonchev–Trinajstić information content (AvgIpc) is 2.29. The zero-order valence-corrected chi connectivity index (χ0v) is 10.1. The molecule has 0 atom stereocenters. The van der Waals surface area contributed by atoms with Crippen LogP contribution in [0.1, 0.15) is 5.56 Å². The van der Waals surface area contributed by atoms with Gasteiger partial charge in [0.15, 0.2) is 0 Å². The second-order valence-corrected chi connectivity index (χ2v) is 4.14. The Morgan fingerprint density at radius 3 is 2.76 bits per heavy atom. The van der Waals surface area contributed by atoms with E-state index in [1.54, 1.807) is 6.20 Å². The lowest BCUT2D eigenvalue weighted by molar-refractivity contribution is 0.622. The second-order valence-electron chi connectivity index (χ2n) is 3.74. The van der Waals surface area contributed by atoms with Crippen LogP contribution in [0, 0.1) is 5.82 Å². The minimum Gasteiger partial charge on any atom is -0.316 e. The molecule has 0 unspecified atom stereocenters. The molecule has 0 spiro atoms. The molecule has 4 heteroatoms. The lowest BCUT2D eigenvalue weighted by Gasteiger charge is -2.07. The van der Waals surface area contributed by atoms with Gasteiger partial charge >= 0.3 is 0 Å². The summed E-state index contributed by atoms with van der Waals surface area (Å²) in [5.74, 6) is -0.363. The summed E-state index contributed by atoms with van der Waals surface area (Å²) in [6.07, 6.45) is 2.77. The molecule has 2 rings (SSSR count). The summed E-state index contributed by atoms with van der Waals surface area (Å²) in [6.45, 7) is 0.751. The zero-order chi connectivity index (χ0) is 12.3. The molecule has 0 fully saturated rings. The molecule has 88 valence electrons. The van der Waals surface area contributed by atoms with Crippen molar-refractivity contribution >= 4 is 11.6 Å². The normalized spacial score (nSPS) is 10.5. The number of pyridine rings is 1. The third-order valence-electron chi connectivity index (χ3n) is 2.43. The number of nitrogens with one attached hydrogen (secondary N) is 1. The fourth-order valence-corrected chi connectivity index (χ4v) is 1.98. The van der Waals surface area contributed by atoms with Gasteiger partial charge in [0.2, 0.25) is 0 Å². The van der Waals surface area contributed by atoms with Crippen LogP contribution in [0.3, 0.4) is 0 Å². The van der Waals surface area contributed by atoms with E-state index in [-0.39, 0.29) is 5.82 Å². The molecule has 1 heterocycles. The first-order chi connectivity index (χ1) is 8.20. The van der Waals surface area contributed by atoms with Crippen LogP contribution >= 0.6 is 11.6 Å². The van der Waals surface area contributed by atoms with Crippen LogP contribution in [0.2, 0.25) is 5.02 Å². The van der Waals surface area contributed by atoms with Gasteiger partial charge in [-0.15, -0.1) is 0 Å². The summed E-state index contributed by atoms with van der Waals surface area (Å²) < 4.78 is 13.1. The van der Waals surface area contributed by atoms with Crippen LogP contribution in [-0.4, -0.2) is 12.0 Å². The Hall–Kier alpha value is -1.45. The number of hydrogen-bond donors (Lipinski definition) is 1. The van der Waals surface area contributed by atoms with Crippen molar-refractivity contribution in [1.82, 2.24) is 10.3 Å². The molecule has 0 aliphatic rings. The Morgan fingerprint density at radius 2 is 2.12 bits per heavy atom. The van der Waals surface area contributed by atoms with Gasteiger partial charge in [0.1, 0.15) is 5.82 Å². The van der Waals surface area contributed by atoms with E-state index in [0.29, 0.717) is 10.6 Å². The second kappa shape index (κ2) is 5.25. The van der Waals surface area contributed by atoms with E-state index < -0.39 is 0 Å². The van der Waals surface area contributed by atoms with Crippen LogP contribution in [0.4, 0.5) is 4.39 Å². The van der Waals surface area contributed by atoms with E-state index in [1.165, 1.54) is 12.3 Å². The van der Waals surface area contributed by atoms with Crippen molar-refractivity contribution in [3.63, 3.8) is 0 Å². The van der Waals surface area contributed by atoms with Crippen molar-refractivity contribution in [2.75, 3.05) is 7.05 Å². The lowest BCUT2D eigenvalue weighted by Crippen LogP contribution is -2.04. The van der Waals surface area contributed by atoms with Gasteiger partial charge in [-0.3, -0.25) is 4.98 Å². The molecule has 0 saturated carbocycles. The molecule has 1 aromatic carbocycles. The van der Waals surface area contributed by atoms with E-state index in [9.17, 15) is 4.39 Å². The molecule has 0 radical (unpaired) electrons. The SMILES string of the molecule is CNCc1ccc(-c2cncc(F)c2)c(Cl)c1. The van der Waals surface area contributed by atoms with Crippen LogP contribution in [0.5, 0.6) is 0 Å². The van der Waals surface area contributed by atoms with E-state index in [1.807, 2.05) is 25.2 Å². The van der Waals surface area contributed by atoms with Crippen LogP contribution < -0.4 is 5.32 Å². The highest BCUT2D eigenvalue weighted by atomic mass is 35.5. The Kier molecular flexibility index (Phi) is 3.71. The molecule has 0 bridgehead atoms. The molecule has 0 aliphatic carbocycles. The maximum absolute atomic E-state index is 13.1. The maximum atomic E-state index is 13.1. The Labute approximate surface area is 104 Å². The monoisotopic (exact) mass is 250 g/mol. The quantitative estimate of drug-likeness (QED) is 0.905. The number of hydrogen-bond acceptors (Lipinski definition) is 2. The van der Waals surface area contributed by atoms with Gasteiger partial charge in [-0.2, -0.15) is 0 Å². The number of rotatable bonds is 3. The predicted octanol–water partition coefficient (Wildman–Crippen LogP) is 3.26. The third-order valence-corrected chi connectivity index (χ3v) is 2.74. The summed E-state index contributed by atoms with van der Waals surface area (Å²) in [7, 11) is 1.87. The van der Waals surface area contributed by atoms with Crippen LogP contribution in [0.15, 0.2) is 36.7 Å². The number of aromatic nitrogens is 1. The van der Waals surface area contributed by atoms with Gasteiger partial charge in [-0.25, -0.2) is 4.39 Å². The maximum Gasteiger partial charge on any atom is 0.142 e. The molecular weight excluding hydrogens is 239 g/mol. The van der Waals surface area contributed by atoms with Gasteiger partial charge in [-0.05, 0) is 24.7 Å². The lowest BCUT2D eigenvalue weighted by atomic mass is 10.1. The smallest absolute Gasteiger partial charge is 0.142 e. The number of benzene rings is 1. The highest BCUT2D eigenvalue weighted by Crippen LogP contribution is 2.28. The highest BCUT2D eigenvalue weighted by Gasteiger charge is 2.05. The first kappa shape index (κ1) is 12.0. The summed E-state index contributed by atoms with van der Waals surface area (Å²) >= 11 is 6.17. The number of halogens is 2. The largest absolute Gasteiger partial charge is 0.316 e.